The van der Waals surface area contributed by atoms with Gasteiger partial charge in [-0.2, -0.15) is 0 Å². The molecule has 2 saturated carbocycles. The van der Waals surface area contributed by atoms with E-state index in [0.29, 0.717) is 33.5 Å². The van der Waals surface area contributed by atoms with Crippen LogP contribution in [0.1, 0.15) is 82.3 Å². The molecule has 0 bridgehead atoms. The van der Waals surface area contributed by atoms with Gasteiger partial charge in [-0.05, 0) is 102 Å². The molecule has 2 aromatic carbocycles. The fraction of sp³-hybridized carbons (Fsp3) is 0.484. The van der Waals surface area contributed by atoms with Crippen LogP contribution in [0.5, 0.6) is 11.5 Å². The highest BCUT2D eigenvalue weighted by Crippen LogP contribution is 2.41. The molecule has 218 valence electrons. The van der Waals surface area contributed by atoms with Gasteiger partial charge in [0.1, 0.15) is 6.61 Å². The van der Waals surface area contributed by atoms with E-state index in [1.807, 2.05) is 30.0 Å². The molecule has 0 spiro atoms. The number of benzene rings is 2. The van der Waals surface area contributed by atoms with Crippen molar-refractivity contribution in [2.24, 2.45) is 4.99 Å². The summed E-state index contributed by atoms with van der Waals surface area (Å²) in [6, 6.07) is 10.6. The summed E-state index contributed by atoms with van der Waals surface area (Å²) < 4.78 is 12.7. The van der Waals surface area contributed by atoms with Crippen molar-refractivity contribution in [1.82, 2.24) is 4.90 Å². The summed E-state index contributed by atoms with van der Waals surface area (Å²) in [7, 11) is 0. The van der Waals surface area contributed by atoms with Gasteiger partial charge >= 0.3 is 0 Å². The molecule has 3 aliphatic rings. The average molecular weight is 643 g/mol. The van der Waals surface area contributed by atoms with Gasteiger partial charge in [-0.1, -0.05) is 38.5 Å². The third kappa shape index (κ3) is 7.33. The second kappa shape index (κ2) is 13.9. The number of amidine groups is 1. The Hall–Kier alpha value is -2.85. The molecule has 2 aromatic rings. The van der Waals surface area contributed by atoms with Gasteiger partial charge in [0, 0.05) is 18.2 Å². The molecule has 0 N–H and O–H groups in total. The van der Waals surface area contributed by atoms with Crippen molar-refractivity contribution in [2.45, 2.75) is 89.8 Å². The Labute approximate surface area is 253 Å². The fourth-order valence-corrected chi connectivity index (χ4v) is 7.38. The summed E-state index contributed by atoms with van der Waals surface area (Å²) in [5.41, 5.74) is 1.67. The molecule has 1 saturated heterocycles. The first-order valence-electron chi connectivity index (χ1n) is 14.6. The van der Waals surface area contributed by atoms with Gasteiger partial charge in [-0.25, -0.2) is 0 Å². The van der Waals surface area contributed by atoms with Crippen LogP contribution in [0, 0.1) is 10.1 Å². The first-order valence-corrected chi connectivity index (χ1v) is 16.2. The quantitative estimate of drug-likeness (QED) is 0.155. The molecule has 8 nitrogen and oxygen atoms in total. The lowest BCUT2D eigenvalue weighted by Gasteiger charge is -2.31. The zero-order chi connectivity index (χ0) is 28.8. The van der Waals surface area contributed by atoms with Crippen molar-refractivity contribution < 1.29 is 19.2 Å². The number of ether oxygens (including phenoxy) is 2. The van der Waals surface area contributed by atoms with E-state index in [4.69, 9.17) is 14.5 Å². The molecule has 0 aromatic heterocycles. The Morgan fingerprint density at radius 3 is 2.39 bits per heavy atom. The van der Waals surface area contributed by atoms with Gasteiger partial charge in [-0.3, -0.25) is 24.8 Å². The molecule has 1 amide bonds. The molecule has 10 heteroatoms. The number of carbonyl (C=O) groups excluding carboxylic acids is 1. The van der Waals surface area contributed by atoms with Gasteiger partial charge in [0.2, 0.25) is 0 Å². The van der Waals surface area contributed by atoms with Crippen molar-refractivity contribution in [2.75, 3.05) is 6.61 Å². The summed E-state index contributed by atoms with van der Waals surface area (Å²) in [5, 5.41) is 11.8. The Morgan fingerprint density at radius 1 is 1.05 bits per heavy atom. The summed E-state index contributed by atoms with van der Waals surface area (Å²) in [6.45, 7) is 2.58. The molecule has 0 atom stereocenters. The number of nitro benzene ring substituents is 1. The number of thioether (sulfide) groups is 1. The van der Waals surface area contributed by atoms with Crippen molar-refractivity contribution in [3.63, 3.8) is 0 Å². The Kier molecular flexibility index (Phi) is 10.0. The molecular formula is C31H36BrN3O5S. The lowest BCUT2D eigenvalue weighted by Crippen LogP contribution is -2.41. The maximum atomic E-state index is 13.8. The first kappa shape index (κ1) is 29.6. The second-order valence-corrected chi connectivity index (χ2v) is 12.6. The highest BCUT2D eigenvalue weighted by molar-refractivity contribution is 9.10. The molecule has 41 heavy (non-hydrogen) atoms. The molecule has 1 heterocycles. The van der Waals surface area contributed by atoms with Crippen LogP contribution in [0.15, 0.2) is 50.8 Å². The number of nitrogens with zero attached hydrogens (tertiary/aromatic N) is 3. The third-order valence-electron chi connectivity index (χ3n) is 7.80. The number of hydrogen-bond donors (Lipinski definition) is 0. The van der Waals surface area contributed by atoms with Crippen LogP contribution in [0.2, 0.25) is 0 Å². The monoisotopic (exact) mass is 641 g/mol. The van der Waals surface area contributed by atoms with Crippen LogP contribution in [0.4, 0.5) is 5.69 Å². The van der Waals surface area contributed by atoms with Gasteiger partial charge in [0.05, 0.1) is 26.9 Å². The predicted molar refractivity (Wildman–Crippen MR) is 166 cm³/mol. The molecule has 2 aliphatic carbocycles. The summed E-state index contributed by atoms with van der Waals surface area (Å²) >= 11 is 5.14. The van der Waals surface area contributed by atoms with Gasteiger partial charge < -0.3 is 9.47 Å². The zero-order valence-electron chi connectivity index (χ0n) is 23.4. The topological polar surface area (TPSA) is 94.3 Å². The largest absolute Gasteiger partial charge is 0.490 e. The number of halogens is 1. The number of hydrogen-bond acceptors (Lipinski definition) is 7. The number of non-ortho nitro benzene ring substituents is 1. The van der Waals surface area contributed by atoms with E-state index in [1.54, 1.807) is 12.1 Å². The molecule has 3 fully saturated rings. The molecular weight excluding hydrogens is 606 g/mol. The van der Waals surface area contributed by atoms with Crippen molar-refractivity contribution >= 4 is 50.5 Å². The lowest BCUT2D eigenvalue weighted by molar-refractivity contribution is -0.384. The van der Waals surface area contributed by atoms with E-state index in [0.717, 1.165) is 54.8 Å². The van der Waals surface area contributed by atoms with Crippen molar-refractivity contribution in [3.05, 3.63) is 67.0 Å². The minimum absolute atomic E-state index is 0.0376. The Bertz CT molecular complexity index is 1320. The van der Waals surface area contributed by atoms with Crippen LogP contribution in [-0.2, 0) is 11.4 Å². The molecule has 0 radical (unpaired) electrons. The minimum atomic E-state index is -0.422. The van der Waals surface area contributed by atoms with E-state index in [2.05, 4.69) is 15.9 Å². The average Bonchev–Trinajstić information content (AvgIpc) is 3.27. The number of carbonyl (C=O) groups is 1. The Morgan fingerprint density at radius 2 is 1.73 bits per heavy atom. The summed E-state index contributed by atoms with van der Waals surface area (Å²) in [6.07, 6.45) is 13.4. The SMILES string of the molecule is CCOc1cc(C=C2SC(=NC3CCCCC3)N(C3CCCCC3)C2=O)cc(Br)c1OCc1ccc([N+](=O)[O-])cc1. The van der Waals surface area contributed by atoms with Crippen molar-refractivity contribution in [3.8, 4) is 11.5 Å². The van der Waals surface area contributed by atoms with Crippen LogP contribution >= 0.6 is 27.7 Å². The zero-order valence-corrected chi connectivity index (χ0v) is 25.8. The fourth-order valence-electron chi connectivity index (χ4n) is 5.70. The van der Waals surface area contributed by atoms with E-state index >= 15 is 0 Å². The highest BCUT2D eigenvalue weighted by Gasteiger charge is 2.39. The number of nitro groups is 1. The molecule has 0 unspecified atom stereocenters. The normalized spacial score (nSPS) is 20.6. The number of amides is 1. The lowest BCUT2D eigenvalue weighted by atomic mass is 9.94. The third-order valence-corrected chi connectivity index (χ3v) is 9.39. The predicted octanol–water partition coefficient (Wildman–Crippen LogP) is 8.27. The van der Waals surface area contributed by atoms with Gasteiger partial charge in [0.15, 0.2) is 16.7 Å². The first-order chi connectivity index (χ1) is 19.9. The van der Waals surface area contributed by atoms with E-state index < -0.39 is 4.92 Å². The van der Waals surface area contributed by atoms with Crippen molar-refractivity contribution in [1.29, 1.82) is 0 Å². The van der Waals surface area contributed by atoms with E-state index in [-0.39, 0.29) is 24.2 Å². The minimum Gasteiger partial charge on any atom is -0.490 e. The van der Waals surface area contributed by atoms with E-state index in [1.165, 1.54) is 49.6 Å². The Balaban J connectivity index is 1.39. The van der Waals surface area contributed by atoms with Crippen LogP contribution < -0.4 is 9.47 Å². The maximum absolute atomic E-state index is 13.8. The van der Waals surface area contributed by atoms with Crippen LogP contribution in [-0.4, -0.2) is 39.6 Å². The summed E-state index contributed by atoms with van der Waals surface area (Å²) in [5.74, 6) is 1.15. The highest BCUT2D eigenvalue weighted by atomic mass is 79.9. The van der Waals surface area contributed by atoms with E-state index in [9.17, 15) is 14.9 Å². The van der Waals surface area contributed by atoms with Crippen LogP contribution in [0.25, 0.3) is 6.08 Å². The number of rotatable bonds is 9. The smallest absolute Gasteiger partial charge is 0.269 e. The second-order valence-electron chi connectivity index (χ2n) is 10.8. The van der Waals surface area contributed by atoms with Gasteiger partial charge in [-0.15, -0.1) is 0 Å². The van der Waals surface area contributed by atoms with Crippen LogP contribution in [0.3, 0.4) is 0 Å². The standard InChI is InChI=1S/C31H36BrN3O5S/c1-2-39-27-18-22(17-26(32)29(27)40-20-21-13-15-25(16-14-21)35(37)38)19-28-30(36)34(24-11-7-4-8-12-24)31(41-28)33-23-9-5-3-6-10-23/h13-19,23-24H,2-12,20H2,1H3. The molecule has 1 aliphatic heterocycles. The summed E-state index contributed by atoms with van der Waals surface area (Å²) in [4.78, 5) is 32.1. The van der Waals surface area contributed by atoms with Gasteiger partial charge in [0.25, 0.3) is 11.6 Å². The molecule has 5 rings (SSSR count). The maximum Gasteiger partial charge on any atom is 0.269 e. The number of aliphatic imine (C=N–C) groups is 1.